The van der Waals surface area contributed by atoms with Gasteiger partial charge in [0.05, 0.1) is 4.90 Å². The molecule has 0 spiro atoms. The summed E-state index contributed by atoms with van der Waals surface area (Å²) in [7, 11) is -3.41. The summed E-state index contributed by atoms with van der Waals surface area (Å²) in [6.45, 7) is 13.3. The Bertz CT molecular complexity index is 543. The van der Waals surface area contributed by atoms with Crippen LogP contribution in [0.5, 0.6) is 0 Å². The van der Waals surface area contributed by atoms with Gasteiger partial charge in [0.15, 0.2) is 0 Å². The molecule has 1 unspecified atom stereocenters. The van der Waals surface area contributed by atoms with E-state index in [2.05, 4.69) is 37.7 Å². The summed E-state index contributed by atoms with van der Waals surface area (Å²) in [5.41, 5.74) is 1.19. The summed E-state index contributed by atoms with van der Waals surface area (Å²) in [6, 6.07) is 6.78. The van der Waals surface area contributed by atoms with Gasteiger partial charge in [0.1, 0.15) is 0 Å². The third kappa shape index (κ3) is 5.67. The van der Waals surface area contributed by atoms with Crippen LogP contribution in [0, 0.1) is 11.3 Å². The first-order valence-electron chi connectivity index (χ1n) is 7.38. The van der Waals surface area contributed by atoms with Gasteiger partial charge >= 0.3 is 0 Å². The molecule has 0 aliphatic carbocycles. The van der Waals surface area contributed by atoms with Gasteiger partial charge in [0.25, 0.3) is 0 Å². The van der Waals surface area contributed by atoms with Crippen LogP contribution in [0.3, 0.4) is 0 Å². The minimum atomic E-state index is -3.41. The zero-order chi connectivity index (χ0) is 16.3. The van der Waals surface area contributed by atoms with Crippen molar-refractivity contribution < 1.29 is 8.42 Å². The lowest BCUT2D eigenvalue weighted by Gasteiger charge is -2.27. The van der Waals surface area contributed by atoms with Crippen LogP contribution in [0.15, 0.2) is 29.2 Å². The Kier molecular flexibility index (Phi) is 5.82. The second kappa shape index (κ2) is 6.79. The SMILES string of the molecule is CC(C)NS(=O)(=O)c1ccc(NCC(C)C(C)(C)C)cc1. The second-order valence-electron chi connectivity index (χ2n) is 6.95. The highest BCUT2D eigenvalue weighted by Gasteiger charge is 2.19. The lowest BCUT2D eigenvalue weighted by molar-refractivity contribution is 0.274. The molecule has 1 rings (SSSR count). The average molecular weight is 312 g/mol. The summed E-state index contributed by atoms with van der Waals surface area (Å²) in [6.07, 6.45) is 0. The zero-order valence-corrected chi connectivity index (χ0v) is 14.7. The first kappa shape index (κ1) is 18.0. The van der Waals surface area contributed by atoms with Crippen molar-refractivity contribution in [1.29, 1.82) is 0 Å². The largest absolute Gasteiger partial charge is 0.385 e. The van der Waals surface area contributed by atoms with Crippen molar-refractivity contribution in [3.63, 3.8) is 0 Å². The van der Waals surface area contributed by atoms with Gasteiger partial charge in [0, 0.05) is 18.3 Å². The predicted octanol–water partition coefficient (Wildman–Crippen LogP) is 3.47. The number of hydrogen-bond donors (Lipinski definition) is 2. The smallest absolute Gasteiger partial charge is 0.240 e. The van der Waals surface area contributed by atoms with Crippen molar-refractivity contribution in [2.75, 3.05) is 11.9 Å². The van der Waals surface area contributed by atoms with E-state index >= 15 is 0 Å². The number of sulfonamides is 1. The maximum Gasteiger partial charge on any atom is 0.240 e. The second-order valence-corrected chi connectivity index (χ2v) is 8.66. The van der Waals surface area contributed by atoms with Crippen LogP contribution in [0.25, 0.3) is 0 Å². The normalized spacial score (nSPS) is 14.2. The summed E-state index contributed by atoms with van der Waals surface area (Å²) in [4.78, 5) is 0.297. The number of benzene rings is 1. The molecule has 2 N–H and O–H groups in total. The molecule has 0 saturated heterocycles. The molecule has 21 heavy (non-hydrogen) atoms. The van der Waals surface area contributed by atoms with E-state index in [1.807, 2.05) is 12.1 Å². The fraction of sp³-hybridized carbons (Fsp3) is 0.625. The van der Waals surface area contributed by atoms with Gasteiger partial charge < -0.3 is 5.32 Å². The highest BCUT2D eigenvalue weighted by Crippen LogP contribution is 2.25. The van der Waals surface area contributed by atoms with Crippen LogP contribution in [0.4, 0.5) is 5.69 Å². The molecule has 0 bridgehead atoms. The minimum absolute atomic E-state index is 0.111. The van der Waals surface area contributed by atoms with Crippen molar-refractivity contribution in [3.8, 4) is 0 Å². The highest BCUT2D eigenvalue weighted by molar-refractivity contribution is 7.89. The molecule has 4 nitrogen and oxygen atoms in total. The molecule has 1 atom stereocenters. The molecule has 120 valence electrons. The van der Waals surface area contributed by atoms with Gasteiger partial charge in [-0.05, 0) is 49.4 Å². The van der Waals surface area contributed by atoms with E-state index in [0.29, 0.717) is 10.8 Å². The molecule has 1 aromatic carbocycles. The van der Waals surface area contributed by atoms with Crippen molar-refractivity contribution in [3.05, 3.63) is 24.3 Å². The molecule has 0 heterocycles. The highest BCUT2D eigenvalue weighted by atomic mass is 32.2. The Morgan fingerprint density at radius 3 is 2.00 bits per heavy atom. The van der Waals surface area contributed by atoms with E-state index in [0.717, 1.165) is 12.2 Å². The quantitative estimate of drug-likeness (QED) is 0.845. The van der Waals surface area contributed by atoms with Crippen molar-refractivity contribution in [2.24, 2.45) is 11.3 Å². The topological polar surface area (TPSA) is 58.2 Å². The minimum Gasteiger partial charge on any atom is -0.385 e. The maximum absolute atomic E-state index is 12.0. The molecular formula is C16H28N2O2S. The van der Waals surface area contributed by atoms with Crippen LogP contribution in [-0.4, -0.2) is 21.0 Å². The fourth-order valence-electron chi connectivity index (χ4n) is 1.71. The van der Waals surface area contributed by atoms with Crippen LogP contribution in [0.1, 0.15) is 41.5 Å². The molecule has 0 fully saturated rings. The molecule has 0 aromatic heterocycles. The summed E-state index contributed by atoms with van der Waals surface area (Å²) >= 11 is 0. The number of nitrogens with one attached hydrogen (secondary N) is 2. The van der Waals surface area contributed by atoms with Gasteiger partial charge in [-0.25, -0.2) is 13.1 Å². The Hall–Kier alpha value is -1.07. The monoisotopic (exact) mass is 312 g/mol. The first-order valence-corrected chi connectivity index (χ1v) is 8.87. The predicted molar refractivity (Wildman–Crippen MR) is 89.0 cm³/mol. The van der Waals surface area contributed by atoms with Crippen LogP contribution in [-0.2, 0) is 10.0 Å². The molecule has 5 heteroatoms. The molecule has 0 radical (unpaired) electrons. The Labute approximate surface area is 129 Å². The third-order valence-electron chi connectivity index (χ3n) is 3.65. The number of hydrogen-bond acceptors (Lipinski definition) is 3. The molecular weight excluding hydrogens is 284 g/mol. The van der Waals surface area contributed by atoms with E-state index in [4.69, 9.17) is 0 Å². The lowest BCUT2D eigenvalue weighted by Crippen LogP contribution is -2.30. The van der Waals surface area contributed by atoms with Crippen molar-refractivity contribution >= 4 is 15.7 Å². The Morgan fingerprint density at radius 2 is 1.57 bits per heavy atom. The third-order valence-corrected chi connectivity index (χ3v) is 5.32. The zero-order valence-electron chi connectivity index (χ0n) is 13.9. The van der Waals surface area contributed by atoms with E-state index in [9.17, 15) is 8.42 Å². The van der Waals surface area contributed by atoms with Crippen LogP contribution in [0.2, 0.25) is 0 Å². The molecule has 0 saturated carbocycles. The van der Waals surface area contributed by atoms with Crippen LogP contribution < -0.4 is 10.0 Å². The molecule has 0 aliphatic heterocycles. The summed E-state index contributed by atoms with van der Waals surface area (Å²) < 4.78 is 26.6. The van der Waals surface area contributed by atoms with Crippen molar-refractivity contribution in [1.82, 2.24) is 4.72 Å². The first-order chi connectivity index (χ1) is 9.52. The number of anilines is 1. The molecule has 0 amide bonds. The van der Waals surface area contributed by atoms with E-state index in [1.54, 1.807) is 26.0 Å². The van der Waals surface area contributed by atoms with E-state index in [-0.39, 0.29) is 11.5 Å². The van der Waals surface area contributed by atoms with Gasteiger partial charge in [-0.1, -0.05) is 27.7 Å². The van der Waals surface area contributed by atoms with Gasteiger partial charge in [-0.3, -0.25) is 0 Å². The van der Waals surface area contributed by atoms with E-state index in [1.165, 1.54) is 0 Å². The molecule has 0 aliphatic rings. The Morgan fingerprint density at radius 1 is 1.05 bits per heavy atom. The van der Waals surface area contributed by atoms with Gasteiger partial charge in [0.2, 0.25) is 10.0 Å². The van der Waals surface area contributed by atoms with Crippen molar-refractivity contribution in [2.45, 2.75) is 52.5 Å². The van der Waals surface area contributed by atoms with E-state index < -0.39 is 10.0 Å². The summed E-state index contributed by atoms with van der Waals surface area (Å²) in [5, 5.41) is 3.36. The number of rotatable bonds is 6. The standard InChI is InChI=1S/C16H28N2O2S/c1-12(2)18-21(19,20)15-9-7-14(8-10-15)17-11-13(3)16(4,5)6/h7-10,12-13,17-18H,11H2,1-6H3. The van der Waals surface area contributed by atoms with Gasteiger partial charge in [-0.2, -0.15) is 0 Å². The molecule has 1 aromatic rings. The lowest BCUT2D eigenvalue weighted by atomic mass is 9.82. The Balaban J connectivity index is 2.71. The van der Waals surface area contributed by atoms with Gasteiger partial charge in [-0.15, -0.1) is 0 Å². The maximum atomic E-state index is 12.0. The average Bonchev–Trinajstić information content (AvgIpc) is 2.33. The fourth-order valence-corrected chi connectivity index (χ4v) is 2.96. The summed E-state index contributed by atoms with van der Waals surface area (Å²) in [5.74, 6) is 0.517. The van der Waals surface area contributed by atoms with Crippen LogP contribution >= 0.6 is 0 Å².